The minimum absolute atomic E-state index is 0.0272. The first-order valence-electron chi connectivity index (χ1n) is 7.58. The predicted molar refractivity (Wildman–Crippen MR) is 82.3 cm³/mol. The lowest BCUT2D eigenvalue weighted by molar-refractivity contribution is -0.274. The van der Waals surface area contributed by atoms with Crippen molar-refractivity contribution in [3.63, 3.8) is 0 Å². The molecular formula is C16H10F6N4O2. The van der Waals surface area contributed by atoms with Crippen LogP contribution in [-0.2, 0) is 12.7 Å². The molecule has 0 spiro atoms. The number of carbonyl (C=O) groups excluding carboxylic acids is 1. The molecule has 0 saturated heterocycles. The lowest BCUT2D eigenvalue weighted by Crippen LogP contribution is -2.24. The Morgan fingerprint density at radius 1 is 1.00 bits per heavy atom. The first-order valence-corrected chi connectivity index (χ1v) is 7.58. The molecule has 0 unspecified atom stereocenters. The highest BCUT2D eigenvalue weighted by molar-refractivity contribution is 5.94. The second-order valence-electron chi connectivity index (χ2n) is 5.51. The lowest BCUT2D eigenvalue weighted by Gasteiger charge is -2.10. The number of rotatable bonds is 4. The van der Waals surface area contributed by atoms with Crippen molar-refractivity contribution in [1.29, 1.82) is 0 Å². The summed E-state index contributed by atoms with van der Waals surface area (Å²) in [6.07, 6.45) is -8.60. The molecule has 28 heavy (non-hydrogen) atoms. The standard InChI is InChI=1S/C16H10F6N4O2/c17-15(18,19)10-3-6-12-24-25-13(26(12)8-10)7-23-14(27)9-1-4-11(5-2-9)28-16(20,21)22/h1-6,8H,7H2,(H,23,27). The van der Waals surface area contributed by atoms with Crippen molar-refractivity contribution in [2.75, 3.05) is 0 Å². The summed E-state index contributed by atoms with van der Waals surface area (Å²) in [5.74, 6) is -1.11. The first-order chi connectivity index (χ1) is 13.0. The van der Waals surface area contributed by atoms with Crippen LogP contribution in [-0.4, -0.2) is 26.9 Å². The van der Waals surface area contributed by atoms with Gasteiger partial charge in [0.05, 0.1) is 12.1 Å². The molecular weight excluding hydrogens is 394 g/mol. The van der Waals surface area contributed by atoms with Crippen LogP contribution in [0, 0.1) is 0 Å². The molecule has 2 heterocycles. The molecule has 0 fully saturated rings. The molecule has 1 amide bonds. The van der Waals surface area contributed by atoms with Crippen molar-refractivity contribution in [2.24, 2.45) is 0 Å². The van der Waals surface area contributed by atoms with Gasteiger partial charge in [0.1, 0.15) is 5.75 Å². The van der Waals surface area contributed by atoms with Crippen LogP contribution in [0.4, 0.5) is 26.3 Å². The van der Waals surface area contributed by atoms with Crippen LogP contribution in [0.3, 0.4) is 0 Å². The Morgan fingerprint density at radius 3 is 2.29 bits per heavy atom. The molecule has 6 nitrogen and oxygen atoms in total. The number of ether oxygens (including phenoxy) is 1. The van der Waals surface area contributed by atoms with E-state index in [1.54, 1.807) is 0 Å². The molecule has 1 N–H and O–H groups in total. The zero-order valence-electron chi connectivity index (χ0n) is 13.7. The summed E-state index contributed by atoms with van der Waals surface area (Å²) < 4.78 is 79.6. The van der Waals surface area contributed by atoms with E-state index in [1.807, 2.05) is 0 Å². The second-order valence-corrected chi connectivity index (χ2v) is 5.51. The number of nitrogens with zero attached hydrogens (tertiary/aromatic N) is 3. The Kier molecular flexibility index (Phi) is 4.87. The molecule has 0 aliphatic rings. The van der Waals surface area contributed by atoms with E-state index in [0.717, 1.165) is 47.0 Å². The number of carbonyl (C=O) groups is 1. The van der Waals surface area contributed by atoms with Gasteiger partial charge in [0.2, 0.25) is 0 Å². The van der Waals surface area contributed by atoms with Gasteiger partial charge in [-0.1, -0.05) is 0 Å². The van der Waals surface area contributed by atoms with Crippen molar-refractivity contribution in [3.05, 3.63) is 59.5 Å². The SMILES string of the molecule is O=C(NCc1nnc2ccc(C(F)(F)F)cn12)c1ccc(OC(F)(F)F)cc1. The molecule has 1 aromatic carbocycles. The molecule has 0 aliphatic carbocycles. The van der Waals surface area contributed by atoms with Gasteiger partial charge in [-0.3, -0.25) is 9.20 Å². The van der Waals surface area contributed by atoms with Gasteiger partial charge >= 0.3 is 12.5 Å². The fourth-order valence-electron chi connectivity index (χ4n) is 2.30. The molecule has 3 aromatic rings. The third-order valence-corrected chi connectivity index (χ3v) is 3.56. The van der Waals surface area contributed by atoms with E-state index >= 15 is 0 Å². The number of amides is 1. The molecule has 0 aliphatic heterocycles. The van der Waals surface area contributed by atoms with Crippen molar-refractivity contribution >= 4 is 11.6 Å². The highest BCUT2D eigenvalue weighted by Crippen LogP contribution is 2.29. The van der Waals surface area contributed by atoms with E-state index in [2.05, 4.69) is 20.3 Å². The van der Waals surface area contributed by atoms with Crippen molar-refractivity contribution in [3.8, 4) is 5.75 Å². The first kappa shape index (κ1) is 19.5. The summed E-state index contributed by atoms with van der Waals surface area (Å²) in [5, 5.41) is 9.85. The van der Waals surface area contributed by atoms with Crippen LogP contribution in [0.25, 0.3) is 5.65 Å². The Morgan fingerprint density at radius 2 is 1.68 bits per heavy atom. The molecule has 148 valence electrons. The van der Waals surface area contributed by atoms with E-state index in [9.17, 15) is 31.1 Å². The maximum absolute atomic E-state index is 12.8. The maximum Gasteiger partial charge on any atom is 0.573 e. The molecule has 0 atom stereocenters. The predicted octanol–water partition coefficient (Wildman–Crippen LogP) is 3.58. The monoisotopic (exact) mass is 404 g/mol. The smallest absolute Gasteiger partial charge is 0.406 e. The van der Waals surface area contributed by atoms with Crippen LogP contribution in [0.2, 0.25) is 0 Å². The van der Waals surface area contributed by atoms with Crippen molar-refractivity contribution < 1.29 is 35.9 Å². The van der Waals surface area contributed by atoms with E-state index in [0.29, 0.717) is 0 Å². The van der Waals surface area contributed by atoms with Gasteiger partial charge in [-0.25, -0.2) is 0 Å². The van der Waals surface area contributed by atoms with E-state index in [-0.39, 0.29) is 23.6 Å². The quantitative estimate of drug-likeness (QED) is 0.675. The van der Waals surface area contributed by atoms with Crippen molar-refractivity contribution in [2.45, 2.75) is 19.1 Å². The summed E-state index contributed by atoms with van der Waals surface area (Å²) in [7, 11) is 0. The lowest BCUT2D eigenvalue weighted by atomic mass is 10.2. The summed E-state index contributed by atoms with van der Waals surface area (Å²) in [6.45, 7) is -0.248. The third kappa shape index (κ3) is 4.50. The van der Waals surface area contributed by atoms with Crippen molar-refractivity contribution in [1.82, 2.24) is 19.9 Å². The topological polar surface area (TPSA) is 68.5 Å². The average Bonchev–Trinajstić information content (AvgIpc) is 3.00. The Balaban J connectivity index is 1.71. The Labute approximate surface area is 152 Å². The third-order valence-electron chi connectivity index (χ3n) is 3.56. The zero-order chi connectivity index (χ0) is 20.5. The number of hydrogen-bond acceptors (Lipinski definition) is 4. The number of alkyl halides is 6. The Hall–Kier alpha value is -3.31. The summed E-state index contributed by atoms with van der Waals surface area (Å²) in [5.41, 5.74) is -0.724. The van der Waals surface area contributed by atoms with E-state index in [4.69, 9.17) is 0 Å². The van der Waals surface area contributed by atoms with Gasteiger partial charge in [0, 0.05) is 11.8 Å². The molecule has 12 heteroatoms. The van der Waals surface area contributed by atoms with Crippen LogP contribution in [0.15, 0.2) is 42.6 Å². The van der Waals surface area contributed by atoms with Gasteiger partial charge < -0.3 is 10.1 Å². The number of benzene rings is 1. The van der Waals surface area contributed by atoms with Crippen LogP contribution < -0.4 is 10.1 Å². The largest absolute Gasteiger partial charge is 0.573 e. The van der Waals surface area contributed by atoms with Crippen LogP contribution in [0.1, 0.15) is 21.7 Å². The number of fused-ring (bicyclic) bond motifs is 1. The number of pyridine rings is 1. The number of aromatic nitrogens is 3. The van der Waals surface area contributed by atoms with Gasteiger partial charge in [0.15, 0.2) is 11.5 Å². The van der Waals surface area contributed by atoms with Crippen LogP contribution in [0.5, 0.6) is 5.75 Å². The van der Waals surface area contributed by atoms with Gasteiger partial charge in [-0.15, -0.1) is 23.4 Å². The molecule has 2 aromatic heterocycles. The maximum atomic E-state index is 12.8. The second kappa shape index (κ2) is 7.02. The molecule has 0 radical (unpaired) electrons. The minimum atomic E-state index is -4.85. The Bertz CT molecular complexity index is 995. The summed E-state index contributed by atoms with van der Waals surface area (Å²) in [4.78, 5) is 12.1. The molecule has 0 bridgehead atoms. The van der Waals surface area contributed by atoms with Crippen LogP contribution >= 0.6 is 0 Å². The highest BCUT2D eigenvalue weighted by atomic mass is 19.4. The fraction of sp³-hybridized carbons (Fsp3) is 0.188. The molecule has 0 saturated carbocycles. The minimum Gasteiger partial charge on any atom is -0.406 e. The molecule has 3 rings (SSSR count). The highest BCUT2D eigenvalue weighted by Gasteiger charge is 2.32. The van der Waals surface area contributed by atoms with E-state index in [1.165, 1.54) is 0 Å². The van der Waals surface area contributed by atoms with E-state index < -0.39 is 29.8 Å². The zero-order valence-corrected chi connectivity index (χ0v) is 13.7. The number of halogens is 6. The number of nitrogens with one attached hydrogen (secondary N) is 1. The average molecular weight is 404 g/mol. The fourth-order valence-corrected chi connectivity index (χ4v) is 2.30. The van der Waals surface area contributed by atoms with Gasteiger partial charge in [0.25, 0.3) is 5.91 Å². The van der Waals surface area contributed by atoms with Gasteiger partial charge in [-0.05, 0) is 36.4 Å². The van der Waals surface area contributed by atoms with Gasteiger partial charge in [-0.2, -0.15) is 13.2 Å². The summed E-state index contributed by atoms with van der Waals surface area (Å²) >= 11 is 0. The normalized spacial score (nSPS) is 12.2. The summed E-state index contributed by atoms with van der Waals surface area (Å²) in [6, 6.07) is 6.15. The number of hydrogen-bond donors (Lipinski definition) is 1.